The Bertz CT molecular complexity index is 237. The van der Waals surface area contributed by atoms with Gasteiger partial charge in [-0.2, -0.15) is 0 Å². The lowest BCUT2D eigenvalue weighted by Gasteiger charge is -1.96. The van der Waals surface area contributed by atoms with Crippen molar-refractivity contribution in [2.75, 3.05) is 0 Å². The zero-order valence-corrected chi connectivity index (χ0v) is 7.99. The summed E-state index contributed by atoms with van der Waals surface area (Å²) < 4.78 is 13.4. The molecule has 0 fully saturated rings. The molecule has 1 aromatic carbocycles. The molecule has 0 bridgehead atoms. The highest BCUT2D eigenvalue weighted by Gasteiger charge is 1.99. The van der Waals surface area contributed by atoms with Crippen LogP contribution in [0.2, 0.25) is 5.02 Å². The first kappa shape index (κ1) is 8.27. The Morgan fingerprint density at radius 1 is 1.50 bits per heavy atom. The molecule has 3 heteroatoms. The van der Waals surface area contributed by atoms with E-state index >= 15 is 0 Å². The molecular formula is C7H5ClFI. The van der Waals surface area contributed by atoms with E-state index in [1.807, 2.05) is 0 Å². The third-order valence-electron chi connectivity index (χ3n) is 1.15. The first-order chi connectivity index (χ1) is 4.74. The smallest absolute Gasteiger partial charge is 0.127 e. The van der Waals surface area contributed by atoms with E-state index in [-0.39, 0.29) is 5.82 Å². The van der Waals surface area contributed by atoms with Gasteiger partial charge in [-0.05, 0) is 23.8 Å². The van der Waals surface area contributed by atoms with Crippen molar-refractivity contribution < 1.29 is 4.39 Å². The second-order valence-electron chi connectivity index (χ2n) is 1.87. The summed E-state index contributed by atoms with van der Waals surface area (Å²) in [5.74, 6) is -0.182. The molecule has 0 unspecified atom stereocenters. The fraction of sp³-hybridized carbons (Fsp3) is 0.143. The molecule has 0 saturated carbocycles. The van der Waals surface area contributed by atoms with Crippen LogP contribution in [-0.4, -0.2) is 0 Å². The predicted octanol–water partition coefficient (Wildman–Crippen LogP) is 3.41. The zero-order chi connectivity index (χ0) is 7.56. The normalized spacial score (nSPS) is 9.90. The van der Waals surface area contributed by atoms with Gasteiger partial charge in [0, 0.05) is 9.45 Å². The van der Waals surface area contributed by atoms with Crippen molar-refractivity contribution in [2.24, 2.45) is 0 Å². The molecule has 0 radical (unpaired) electrons. The van der Waals surface area contributed by atoms with Crippen LogP contribution in [0.4, 0.5) is 4.39 Å². The summed E-state index contributed by atoms with van der Waals surface area (Å²) in [5, 5.41) is 0.591. The van der Waals surface area contributed by atoms with Gasteiger partial charge in [0.15, 0.2) is 0 Å². The number of halogens is 3. The van der Waals surface area contributed by atoms with Gasteiger partial charge in [-0.15, -0.1) is 0 Å². The van der Waals surface area contributed by atoms with Crippen LogP contribution in [-0.2, 0) is 4.43 Å². The number of hydrogen-bond donors (Lipinski definition) is 0. The first-order valence-electron chi connectivity index (χ1n) is 2.74. The van der Waals surface area contributed by atoms with Crippen molar-refractivity contribution in [3.8, 4) is 0 Å². The number of alkyl halides is 1. The SMILES string of the molecule is Fc1ccc(Cl)cc1CI. The Morgan fingerprint density at radius 2 is 2.20 bits per heavy atom. The Kier molecular flexibility index (Phi) is 2.92. The standard InChI is InChI=1S/C7H5ClFI/c8-6-1-2-7(9)5(3-6)4-10/h1-3H,4H2. The molecule has 0 spiro atoms. The molecule has 54 valence electrons. The lowest BCUT2D eigenvalue weighted by molar-refractivity contribution is 0.618. The van der Waals surface area contributed by atoms with Gasteiger partial charge < -0.3 is 0 Å². The Labute approximate surface area is 77.5 Å². The minimum absolute atomic E-state index is 0.182. The molecule has 0 heterocycles. The van der Waals surface area contributed by atoms with Crippen molar-refractivity contribution in [3.05, 3.63) is 34.6 Å². The molecule has 0 aliphatic rings. The zero-order valence-electron chi connectivity index (χ0n) is 5.07. The maximum Gasteiger partial charge on any atom is 0.127 e. The monoisotopic (exact) mass is 270 g/mol. The van der Waals surface area contributed by atoms with Crippen LogP contribution in [0.15, 0.2) is 18.2 Å². The van der Waals surface area contributed by atoms with Crippen LogP contribution < -0.4 is 0 Å². The predicted molar refractivity (Wildman–Crippen MR) is 49.1 cm³/mol. The summed E-state index contributed by atoms with van der Waals surface area (Å²) in [6.07, 6.45) is 0. The topological polar surface area (TPSA) is 0 Å². The summed E-state index contributed by atoms with van der Waals surface area (Å²) in [4.78, 5) is 0. The van der Waals surface area contributed by atoms with Crippen molar-refractivity contribution in [1.82, 2.24) is 0 Å². The molecule has 0 nitrogen and oxygen atoms in total. The largest absolute Gasteiger partial charge is 0.207 e. The summed E-state index contributed by atoms with van der Waals surface area (Å²) in [5.41, 5.74) is 0.660. The molecule has 0 N–H and O–H groups in total. The van der Waals surface area contributed by atoms with Gasteiger partial charge in [0.05, 0.1) is 0 Å². The van der Waals surface area contributed by atoms with Crippen molar-refractivity contribution in [2.45, 2.75) is 4.43 Å². The summed E-state index contributed by atoms with van der Waals surface area (Å²) in [6.45, 7) is 0. The van der Waals surface area contributed by atoms with Crippen LogP contribution in [0.5, 0.6) is 0 Å². The summed E-state index contributed by atoms with van der Waals surface area (Å²) in [7, 11) is 0. The fourth-order valence-electron chi connectivity index (χ4n) is 0.646. The number of rotatable bonds is 1. The van der Waals surface area contributed by atoms with E-state index < -0.39 is 0 Å². The lowest BCUT2D eigenvalue weighted by Crippen LogP contribution is -1.83. The second kappa shape index (κ2) is 3.53. The molecule has 0 aliphatic heterocycles. The van der Waals surface area contributed by atoms with E-state index in [4.69, 9.17) is 11.6 Å². The highest BCUT2D eigenvalue weighted by atomic mass is 127. The van der Waals surface area contributed by atoms with Gasteiger partial charge in [-0.3, -0.25) is 0 Å². The molecule has 0 aromatic heterocycles. The van der Waals surface area contributed by atoms with Gasteiger partial charge >= 0.3 is 0 Å². The molecule has 0 aliphatic carbocycles. The highest BCUT2D eigenvalue weighted by molar-refractivity contribution is 14.1. The molecular weight excluding hydrogens is 265 g/mol. The van der Waals surface area contributed by atoms with E-state index in [0.29, 0.717) is 15.0 Å². The average Bonchev–Trinajstić information content (AvgIpc) is 1.94. The number of benzene rings is 1. The van der Waals surface area contributed by atoms with E-state index in [1.165, 1.54) is 6.07 Å². The van der Waals surface area contributed by atoms with Crippen LogP contribution in [0.3, 0.4) is 0 Å². The van der Waals surface area contributed by atoms with Crippen molar-refractivity contribution in [1.29, 1.82) is 0 Å². The van der Waals surface area contributed by atoms with Crippen molar-refractivity contribution in [3.63, 3.8) is 0 Å². The molecule has 10 heavy (non-hydrogen) atoms. The summed E-state index contributed by atoms with van der Waals surface area (Å²) >= 11 is 7.72. The quantitative estimate of drug-likeness (QED) is 0.542. The van der Waals surface area contributed by atoms with Crippen molar-refractivity contribution >= 4 is 34.2 Å². The lowest BCUT2D eigenvalue weighted by atomic mass is 10.2. The Balaban J connectivity index is 3.09. The fourth-order valence-corrected chi connectivity index (χ4v) is 1.42. The summed E-state index contributed by atoms with van der Waals surface area (Å²) in [6, 6.07) is 4.58. The molecule has 1 rings (SSSR count). The minimum atomic E-state index is -0.182. The minimum Gasteiger partial charge on any atom is -0.207 e. The van der Waals surface area contributed by atoms with E-state index in [0.717, 1.165) is 0 Å². The molecule has 0 atom stereocenters. The Hall–Kier alpha value is 0.170. The highest BCUT2D eigenvalue weighted by Crippen LogP contribution is 2.16. The van der Waals surface area contributed by atoms with Crippen LogP contribution in [0, 0.1) is 5.82 Å². The first-order valence-corrected chi connectivity index (χ1v) is 4.64. The van der Waals surface area contributed by atoms with Gasteiger partial charge in [-0.1, -0.05) is 34.2 Å². The molecule has 0 saturated heterocycles. The van der Waals surface area contributed by atoms with E-state index in [9.17, 15) is 4.39 Å². The maximum atomic E-state index is 12.7. The van der Waals surface area contributed by atoms with E-state index in [2.05, 4.69) is 22.6 Å². The van der Waals surface area contributed by atoms with Crippen LogP contribution in [0.1, 0.15) is 5.56 Å². The molecule has 0 amide bonds. The van der Waals surface area contributed by atoms with Gasteiger partial charge in [0.25, 0.3) is 0 Å². The Morgan fingerprint density at radius 3 is 2.70 bits per heavy atom. The van der Waals surface area contributed by atoms with Crippen LogP contribution in [0.25, 0.3) is 0 Å². The van der Waals surface area contributed by atoms with Gasteiger partial charge in [-0.25, -0.2) is 4.39 Å². The van der Waals surface area contributed by atoms with Gasteiger partial charge in [0.1, 0.15) is 5.82 Å². The maximum absolute atomic E-state index is 12.7. The third kappa shape index (κ3) is 1.83. The average molecular weight is 270 g/mol. The van der Waals surface area contributed by atoms with Gasteiger partial charge in [0.2, 0.25) is 0 Å². The third-order valence-corrected chi connectivity index (χ3v) is 2.21. The number of hydrogen-bond acceptors (Lipinski definition) is 0. The second-order valence-corrected chi connectivity index (χ2v) is 3.07. The van der Waals surface area contributed by atoms with Crippen LogP contribution >= 0.6 is 34.2 Å². The van der Waals surface area contributed by atoms with E-state index in [1.54, 1.807) is 12.1 Å². The molecule has 1 aromatic rings.